The van der Waals surface area contributed by atoms with Crippen LogP contribution in [-0.4, -0.2) is 44.1 Å². The van der Waals surface area contributed by atoms with Gasteiger partial charge in [-0.05, 0) is 53.2 Å². The molecule has 3 aromatic rings. The van der Waals surface area contributed by atoms with Gasteiger partial charge < -0.3 is 10.6 Å². The number of aryl methyl sites for hydroxylation is 1. The van der Waals surface area contributed by atoms with Crippen LogP contribution in [-0.2, 0) is 0 Å². The molecule has 0 unspecified atom stereocenters. The van der Waals surface area contributed by atoms with Crippen molar-refractivity contribution in [3.8, 4) is 5.69 Å². The normalized spacial score (nSPS) is 10.4. The average Bonchev–Trinajstić information content (AvgIpc) is 3.19. The molecule has 10 nitrogen and oxygen atoms in total. The maximum atomic E-state index is 12.3. The molecule has 0 fully saturated rings. The summed E-state index contributed by atoms with van der Waals surface area (Å²) in [4.78, 5) is 22.4. The van der Waals surface area contributed by atoms with E-state index in [2.05, 4.69) is 26.2 Å². The minimum Gasteiger partial charge on any atom is -0.383 e. The third-order valence-electron chi connectivity index (χ3n) is 3.87. The van der Waals surface area contributed by atoms with Gasteiger partial charge in [0, 0.05) is 36.5 Å². The summed E-state index contributed by atoms with van der Waals surface area (Å²) < 4.78 is 1.53. The first kappa shape index (κ1) is 18.0. The number of aromatic nitrogens is 4. The second kappa shape index (κ2) is 8.04. The highest BCUT2D eigenvalue weighted by Crippen LogP contribution is 2.15. The maximum absolute atomic E-state index is 12.3. The van der Waals surface area contributed by atoms with E-state index >= 15 is 0 Å². The number of nitro groups is 1. The minimum absolute atomic E-state index is 0.0364. The summed E-state index contributed by atoms with van der Waals surface area (Å²) in [6.07, 6.45) is 1.49. The van der Waals surface area contributed by atoms with Crippen molar-refractivity contribution in [2.75, 3.05) is 18.4 Å². The van der Waals surface area contributed by atoms with Gasteiger partial charge in [-0.1, -0.05) is 0 Å². The lowest BCUT2D eigenvalue weighted by molar-refractivity contribution is -0.384. The Bertz CT molecular complexity index is 940. The number of carbonyl (C=O) groups is 1. The molecule has 0 aliphatic carbocycles. The first-order chi connectivity index (χ1) is 13.0. The summed E-state index contributed by atoms with van der Waals surface area (Å²) in [6, 6.07) is 11.4. The van der Waals surface area contributed by atoms with E-state index in [0.29, 0.717) is 18.7 Å². The third kappa shape index (κ3) is 4.42. The number of hydrogen-bond acceptors (Lipinski definition) is 7. The number of nitrogens with one attached hydrogen (secondary N) is 2. The summed E-state index contributed by atoms with van der Waals surface area (Å²) in [5, 5.41) is 27.6. The number of nitrogens with zero attached hydrogens (tertiary/aromatic N) is 5. The van der Waals surface area contributed by atoms with Crippen molar-refractivity contribution in [2.45, 2.75) is 6.92 Å². The molecule has 0 aliphatic heterocycles. The first-order valence-electron chi connectivity index (χ1n) is 8.15. The van der Waals surface area contributed by atoms with Gasteiger partial charge in [0.2, 0.25) is 0 Å². The Morgan fingerprint density at radius 3 is 2.59 bits per heavy atom. The van der Waals surface area contributed by atoms with E-state index in [-0.39, 0.29) is 11.6 Å². The summed E-state index contributed by atoms with van der Waals surface area (Å²) in [5.41, 5.74) is 3.00. The molecule has 0 atom stereocenters. The molecule has 0 bridgehead atoms. The molecule has 1 amide bonds. The highest BCUT2D eigenvalue weighted by Gasteiger charge is 2.09. The van der Waals surface area contributed by atoms with Crippen molar-refractivity contribution >= 4 is 17.3 Å². The predicted octanol–water partition coefficient (Wildman–Crippen LogP) is 1.72. The Kier molecular flexibility index (Phi) is 5.36. The Morgan fingerprint density at radius 2 is 1.96 bits per heavy atom. The standard InChI is InChI=1S/C17H17N7O3/c1-12-10-13(2-7-16(12)23-11-20-21-22-23)17(25)19-9-8-18-14-3-5-15(6-4-14)24(26)27/h2-7,10-11,18H,8-9H2,1H3,(H,19,25). The number of carbonyl (C=O) groups excluding carboxylic acids is 1. The summed E-state index contributed by atoms with van der Waals surface area (Å²) in [7, 11) is 0. The molecular weight excluding hydrogens is 350 g/mol. The molecule has 0 aliphatic rings. The van der Waals surface area contributed by atoms with Crippen LogP contribution in [0, 0.1) is 17.0 Å². The van der Waals surface area contributed by atoms with Crippen LogP contribution in [0.1, 0.15) is 15.9 Å². The van der Waals surface area contributed by atoms with Crippen molar-refractivity contribution in [2.24, 2.45) is 0 Å². The lowest BCUT2D eigenvalue weighted by atomic mass is 10.1. The lowest BCUT2D eigenvalue weighted by Crippen LogP contribution is -2.28. The van der Waals surface area contributed by atoms with Gasteiger partial charge in [-0.3, -0.25) is 14.9 Å². The van der Waals surface area contributed by atoms with Crippen LogP contribution >= 0.6 is 0 Å². The van der Waals surface area contributed by atoms with Crippen LogP contribution in [0.25, 0.3) is 5.69 Å². The molecule has 0 saturated heterocycles. The Morgan fingerprint density at radius 1 is 1.19 bits per heavy atom. The number of nitro benzene ring substituents is 1. The van der Waals surface area contributed by atoms with Crippen LogP contribution in [0.3, 0.4) is 0 Å². The largest absolute Gasteiger partial charge is 0.383 e. The van der Waals surface area contributed by atoms with E-state index in [9.17, 15) is 14.9 Å². The van der Waals surface area contributed by atoms with Crippen LogP contribution in [0.2, 0.25) is 0 Å². The van der Waals surface area contributed by atoms with Gasteiger partial charge in [0.15, 0.2) is 0 Å². The van der Waals surface area contributed by atoms with Crippen molar-refractivity contribution in [3.05, 3.63) is 70.0 Å². The smallest absolute Gasteiger partial charge is 0.269 e. The molecule has 10 heteroatoms. The van der Waals surface area contributed by atoms with E-state index in [1.807, 2.05) is 6.92 Å². The number of hydrogen-bond donors (Lipinski definition) is 2. The average molecular weight is 367 g/mol. The fourth-order valence-corrected chi connectivity index (χ4v) is 2.51. The van der Waals surface area contributed by atoms with Crippen molar-refractivity contribution in [3.63, 3.8) is 0 Å². The first-order valence-corrected chi connectivity index (χ1v) is 8.15. The fourth-order valence-electron chi connectivity index (χ4n) is 2.51. The highest BCUT2D eigenvalue weighted by atomic mass is 16.6. The van der Waals surface area contributed by atoms with Crippen LogP contribution in [0.5, 0.6) is 0 Å². The Hall–Kier alpha value is -3.82. The van der Waals surface area contributed by atoms with Gasteiger partial charge in [0.25, 0.3) is 11.6 Å². The monoisotopic (exact) mass is 367 g/mol. The molecule has 0 radical (unpaired) electrons. The number of non-ortho nitro benzene ring substituents is 1. The Balaban J connectivity index is 1.50. The maximum Gasteiger partial charge on any atom is 0.269 e. The van der Waals surface area contributed by atoms with E-state index in [1.54, 1.807) is 30.3 Å². The predicted molar refractivity (Wildman–Crippen MR) is 97.8 cm³/mol. The van der Waals surface area contributed by atoms with E-state index < -0.39 is 4.92 Å². The minimum atomic E-state index is -0.448. The molecule has 27 heavy (non-hydrogen) atoms. The van der Waals surface area contributed by atoms with Crippen LogP contribution in [0.15, 0.2) is 48.8 Å². The van der Waals surface area contributed by atoms with E-state index in [1.165, 1.54) is 23.1 Å². The van der Waals surface area contributed by atoms with Crippen molar-refractivity contribution in [1.29, 1.82) is 0 Å². The summed E-state index contributed by atoms with van der Waals surface area (Å²) in [6.45, 7) is 2.78. The van der Waals surface area contributed by atoms with Crippen LogP contribution < -0.4 is 10.6 Å². The second-order valence-electron chi connectivity index (χ2n) is 5.74. The third-order valence-corrected chi connectivity index (χ3v) is 3.87. The molecule has 3 rings (SSSR count). The Labute approximate surface area is 154 Å². The molecule has 0 saturated carbocycles. The quantitative estimate of drug-likeness (QED) is 0.370. The van der Waals surface area contributed by atoms with Gasteiger partial charge >= 0.3 is 0 Å². The zero-order valence-corrected chi connectivity index (χ0v) is 14.5. The highest BCUT2D eigenvalue weighted by molar-refractivity contribution is 5.94. The van der Waals surface area contributed by atoms with Crippen LogP contribution in [0.4, 0.5) is 11.4 Å². The second-order valence-corrected chi connectivity index (χ2v) is 5.74. The van der Waals surface area contributed by atoms with E-state index in [4.69, 9.17) is 0 Å². The molecule has 0 spiro atoms. The SMILES string of the molecule is Cc1cc(C(=O)NCCNc2ccc([N+](=O)[O-])cc2)ccc1-n1cnnn1. The van der Waals surface area contributed by atoms with E-state index in [0.717, 1.165) is 16.9 Å². The van der Waals surface area contributed by atoms with Gasteiger partial charge in [0.1, 0.15) is 6.33 Å². The number of rotatable bonds is 7. The van der Waals surface area contributed by atoms with Gasteiger partial charge in [-0.2, -0.15) is 0 Å². The zero-order valence-electron chi connectivity index (χ0n) is 14.5. The van der Waals surface area contributed by atoms with Gasteiger partial charge in [0.05, 0.1) is 10.6 Å². The lowest BCUT2D eigenvalue weighted by Gasteiger charge is -2.10. The summed E-state index contributed by atoms with van der Waals surface area (Å²) >= 11 is 0. The van der Waals surface area contributed by atoms with Gasteiger partial charge in [-0.25, -0.2) is 4.68 Å². The zero-order chi connectivity index (χ0) is 19.2. The molecule has 1 heterocycles. The number of benzene rings is 2. The van der Waals surface area contributed by atoms with Crippen molar-refractivity contribution < 1.29 is 9.72 Å². The molecule has 138 valence electrons. The fraction of sp³-hybridized carbons (Fsp3) is 0.176. The number of amides is 1. The molecule has 1 aromatic heterocycles. The molecule has 2 aromatic carbocycles. The molecular formula is C17H17N7O3. The summed E-state index contributed by atoms with van der Waals surface area (Å²) in [5.74, 6) is -0.188. The van der Waals surface area contributed by atoms with Gasteiger partial charge in [-0.15, -0.1) is 5.10 Å². The topological polar surface area (TPSA) is 128 Å². The number of tetrazole rings is 1. The molecule has 2 N–H and O–H groups in total. The number of anilines is 1. The van der Waals surface area contributed by atoms with Crippen molar-refractivity contribution in [1.82, 2.24) is 25.5 Å².